The fourth-order valence-electron chi connectivity index (χ4n) is 6.57. The maximum atomic E-state index is 12.3. The first-order chi connectivity index (χ1) is 22.2. The standard InChI is InChI=1S/C38H34N2O6S.Na/c1-20-15-21(2)35(22(3)16-20)39-26-11-13-30-32(18-26)46-33-19-27(40-36-23(4)17-24(5)37(25(36)6)47(43,44)45)12-14-31(33)34(30)28-9-7-8-10-29(28)38(41)42;/h7-19,40H,1-6H3,(H,41,42)(H,43,44,45);/q;+1/p-1. The maximum absolute atomic E-state index is 12.3. The Kier molecular flexibility index (Phi) is 9.74. The minimum Gasteiger partial charge on any atom is -0.744 e. The van der Waals surface area contributed by atoms with Gasteiger partial charge in [0, 0.05) is 40.0 Å². The first kappa shape index (κ1) is 35.1. The Morgan fingerprint density at radius 3 is 2.17 bits per heavy atom. The Balaban J connectivity index is 0.00000451. The van der Waals surface area contributed by atoms with Crippen molar-refractivity contribution < 1.29 is 56.8 Å². The van der Waals surface area contributed by atoms with Gasteiger partial charge in [-0.05, 0) is 105 Å². The Morgan fingerprint density at radius 1 is 0.812 bits per heavy atom. The molecule has 0 fully saturated rings. The summed E-state index contributed by atoms with van der Waals surface area (Å²) < 4.78 is 42.8. The minimum atomic E-state index is -4.70. The van der Waals surface area contributed by atoms with Crippen LogP contribution in [0.5, 0.6) is 0 Å². The average molecular weight is 669 g/mol. The van der Waals surface area contributed by atoms with Crippen LogP contribution in [0.3, 0.4) is 0 Å². The molecule has 0 atom stereocenters. The van der Waals surface area contributed by atoms with Gasteiger partial charge in [0.15, 0.2) is 0 Å². The number of carboxylic acids is 1. The summed E-state index contributed by atoms with van der Waals surface area (Å²) in [6, 6.07) is 23.8. The number of hydrogen-bond donors (Lipinski definition) is 2. The molecule has 2 aliphatic rings. The quantitative estimate of drug-likeness (QED) is 0.133. The largest absolute Gasteiger partial charge is 1.00 e. The van der Waals surface area contributed by atoms with Crippen molar-refractivity contribution in [3.63, 3.8) is 0 Å². The Labute approximate surface area is 301 Å². The summed E-state index contributed by atoms with van der Waals surface area (Å²) >= 11 is 0. The zero-order valence-electron chi connectivity index (χ0n) is 27.8. The van der Waals surface area contributed by atoms with Crippen molar-refractivity contribution in [2.45, 2.75) is 46.4 Å². The zero-order chi connectivity index (χ0) is 33.8. The van der Waals surface area contributed by atoms with Crippen LogP contribution in [0, 0.1) is 41.5 Å². The van der Waals surface area contributed by atoms with Crippen LogP contribution < -0.4 is 40.2 Å². The van der Waals surface area contributed by atoms with E-state index in [1.54, 1.807) is 50.2 Å². The molecule has 238 valence electrons. The Bertz CT molecular complexity index is 2390. The molecule has 1 heterocycles. The van der Waals surface area contributed by atoms with Crippen LogP contribution in [0.25, 0.3) is 33.4 Å². The molecule has 8 nitrogen and oxygen atoms in total. The third-order valence-electron chi connectivity index (χ3n) is 8.43. The fraction of sp³-hybridized carbons (Fsp3) is 0.158. The van der Waals surface area contributed by atoms with Crippen LogP contribution in [0.4, 0.5) is 17.1 Å². The molecule has 4 aromatic rings. The van der Waals surface area contributed by atoms with Crippen molar-refractivity contribution in [3.05, 3.63) is 123 Å². The molecular weight excluding hydrogens is 635 g/mol. The summed E-state index contributed by atoms with van der Waals surface area (Å²) in [6.45, 7) is 11.2. The zero-order valence-corrected chi connectivity index (χ0v) is 30.7. The third-order valence-corrected chi connectivity index (χ3v) is 9.56. The summed E-state index contributed by atoms with van der Waals surface area (Å²) in [5.74, 6) is -0.539. The molecule has 1 aliphatic heterocycles. The van der Waals surface area contributed by atoms with E-state index in [-0.39, 0.29) is 40.0 Å². The topological polar surface area (TPSA) is 132 Å². The van der Waals surface area contributed by atoms with E-state index in [2.05, 4.69) is 24.4 Å². The van der Waals surface area contributed by atoms with E-state index in [4.69, 9.17) is 9.41 Å². The van der Waals surface area contributed by atoms with E-state index in [1.807, 2.05) is 51.1 Å². The van der Waals surface area contributed by atoms with E-state index < -0.39 is 16.1 Å². The van der Waals surface area contributed by atoms with Crippen molar-refractivity contribution in [2.24, 2.45) is 4.99 Å². The molecular formula is C38H33N2NaO6S. The molecule has 1 aliphatic carbocycles. The molecule has 0 radical (unpaired) electrons. The number of aromatic carboxylic acids is 1. The molecule has 0 saturated heterocycles. The number of fused-ring (bicyclic) bond motifs is 2. The Hall–Kier alpha value is -4.25. The van der Waals surface area contributed by atoms with Gasteiger partial charge >= 0.3 is 35.5 Å². The van der Waals surface area contributed by atoms with E-state index in [0.29, 0.717) is 55.7 Å². The van der Waals surface area contributed by atoms with Crippen molar-refractivity contribution in [1.82, 2.24) is 0 Å². The average Bonchev–Trinajstić information content (AvgIpc) is 2.98. The monoisotopic (exact) mass is 668 g/mol. The number of aryl methyl sites for hydroxylation is 5. The number of rotatable bonds is 6. The second-order valence-electron chi connectivity index (χ2n) is 12.0. The second-order valence-corrected chi connectivity index (χ2v) is 13.3. The van der Waals surface area contributed by atoms with Crippen LogP contribution in [-0.2, 0) is 10.1 Å². The molecule has 0 aromatic heterocycles. The number of nitrogens with one attached hydrogen (secondary N) is 1. The third kappa shape index (κ3) is 6.57. The first-order valence-corrected chi connectivity index (χ1v) is 16.4. The predicted molar refractivity (Wildman–Crippen MR) is 183 cm³/mol. The number of hydrogen-bond acceptors (Lipinski definition) is 7. The van der Waals surface area contributed by atoms with Gasteiger partial charge in [-0.2, -0.15) is 0 Å². The van der Waals surface area contributed by atoms with Crippen LogP contribution in [0.1, 0.15) is 43.7 Å². The fourth-order valence-corrected chi connectivity index (χ4v) is 7.50. The second kappa shape index (κ2) is 13.3. The van der Waals surface area contributed by atoms with Crippen LogP contribution in [-0.4, -0.2) is 24.0 Å². The maximum Gasteiger partial charge on any atom is 1.00 e. The molecule has 4 aromatic carbocycles. The molecule has 0 bridgehead atoms. The molecule has 10 heteroatoms. The van der Waals surface area contributed by atoms with Crippen LogP contribution in [0.2, 0.25) is 0 Å². The van der Waals surface area contributed by atoms with Gasteiger partial charge in [-0.15, -0.1) is 0 Å². The molecule has 6 rings (SSSR count). The van der Waals surface area contributed by atoms with E-state index >= 15 is 0 Å². The van der Waals surface area contributed by atoms with Gasteiger partial charge in [0.1, 0.15) is 21.5 Å². The molecule has 0 spiro atoms. The SMILES string of the molecule is Cc1cc(C)c(N=c2ccc3c(-c4ccccc4C(=O)O)c4ccc(Nc5c(C)cc(C)c(S(=O)(=O)[O-])c5C)cc4oc-3c2)c(C)c1.[Na+]. The van der Waals surface area contributed by atoms with E-state index in [9.17, 15) is 22.9 Å². The van der Waals surface area contributed by atoms with Gasteiger partial charge in [-0.1, -0.05) is 42.0 Å². The minimum absolute atomic E-state index is 0. The molecule has 0 saturated carbocycles. The van der Waals surface area contributed by atoms with Crippen LogP contribution >= 0.6 is 0 Å². The summed E-state index contributed by atoms with van der Waals surface area (Å²) in [7, 11) is -4.70. The number of nitrogens with zero attached hydrogens (tertiary/aromatic N) is 1. The number of carboxylic acid groups (broad SMARTS) is 1. The van der Waals surface area contributed by atoms with Crippen molar-refractivity contribution in [1.29, 1.82) is 0 Å². The van der Waals surface area contributed by atoms with Gasteiger partial charge in [0.2, 0.25) is 0 Å². The predicted octanol–water partition coefficient (Wildman–Crippen LogP) is 5.64. The van der Waals surface area contributed by atoms with Crippen LogP contribution in [0.15, 0.2) is 93.2 Å². The van der Waals surface area contributed by atoms with Gasteiger partial charge < -0.3 is 19.4 Å². The number of carbonyl (C=O) groups is 1. The van der Waals surface area contributed by atoms with Gasteiger partial charge in [0.05, 0.1) is 21.5 Å². The molecule has 2 N–H and O–H groups in total. The summed E-state index contributed by atoms with van der Waals surface area (Å²) in [4.78, 5) is 17.0. The molecule has 0 amide bonds. The van der Waals surface area contributed by atoms with Gasteiger partial charge in [0.25, 0.3) is 0 Å². The van der Waals surface area contributed by atoms with Crippen molar-refractivity contribution >= 4 is 44.1 Å². The number of anilines is 2. The van der Waals surface area contributed by atoms with Crippen molar-refractivity contribution in [3.8, 4) is 22.5 Å². The smallest absolute Gasteiger partial charge is 0.744 e. The van der Waals surface area contributed by atoms with Gasteiger partial charge in [-0.3, -0.25) is 0 Å². The molecule has 48 heavy (non-hydrogen) atoms. The van der Waals surface area contributed by atoms with Gasteiger partial charge in [-0.25, -0.2) is 18.2 Å². The summed E-state index contributed by atoms with van der Waals surface area (Å²) in [5, 5.41) is 14.8. The van der Waals surface area contributed by atoms with Crippen molar-refractivity contribution in [2.75, 3.05) is 5.32 Å². The normalized spacial score (nSPS) is 11.9. The summed E-state index contributed by atoms with van der Waals surface area (Å²) in [5.41, 5.74) is 9.31. The van der Waals surface area contributed by atoms with E-state index in [0.717, 1.165) is 33.5 Å². The Morgan fingerprint density at radius 2 is 1.50 bits per heavy atom. The van der Waals surface area contributed by atoms with E-state index in [1.165, 1.54) is 0 Å². The number of benzene rings is 5. The summed E-state index contributed by atoms with van der Waals surface area (Å²) in [6.07, 6.45) is 0. The molecule has 0 unspecified atom stereocenters. The first-order valence-electron chi connectivity index (χ1n) is 15.0.